The van der Waals surface area contributed by atoms with Gasteiger partial charge in [-0.3, -0.25) is 4.72 Å². The van der Waals surface area contributed by atoms with Gasteiger partial charge in [0.2, 0.25) is 11.6 Å². The number of benzene rings is 1. The Morgan fingerprint density at radius 2 is 1.94 bits per heavy atom. The van der Waals surface area contributed by atoms with Crippen LogP contribution in [-0.4, -0.2) is 18.7 Å². The van der Waals surface area contributed by atoms with Gasteiger partial charge in [0.05, 0.1) is 4.90 Å². The van der Waals surface area contributed by atoms with Crippen molar-refractivity contribution in [1.29, 1.82) is 0 Å². The van der Waals surface area contributed by atoms with Crippen molar-refractivity contribution in [2.75, 3.05) is 4.72 Å². The third kappa shape index (κ3) is 2.23. The summed E-state index contributed by atoms with van der Waals surface area (Å²) in [7, 11) is -3.75. The number of nitrogens with one attached hydrogen (secondary N) is 1. The van der Waals surface area contributed by atoms with Gasteiger partial charge in [0, 0.05) is 6.92 Å². The van der Waals surface area contributed by atoms with Crippen molar-refractivity contribution in [1.82, 2.24) is 5.16 Å². The van der Waals surface area contributed by atoms with Crippen molar-refractivity contribution in [3.05, 3.63) is 36.1 Å². The summed E-state index contributed by atoms with van der Waals surface area (Å²) in [5, 5.41) is 12.9. The lowest BCUT2D eigenvalue weighted by Gasteiger charge is -2.04. The Hall–Kier alpha value is -2.02. The normalized spacial score (nSPS) is 11.4. The molecular formula is C10H10N2O4S. The molecule has 90 valence electrons. The Morgan fingerprint density at radius 3 is 2.47 bits per heavy atom. The van der Waals surface area contributed by atoms with Crippen molar-refractivity contribution >= 4 is 15.8 Å². The van der Waals surface area contributed by atoms with E-state index < -0.39 is 10.0 Å². The molecule has 0 amide bonds. The Kier molecular flexibility index (Phi) is 2.76. The van der Waals surface area contributed by atoms with Crippen LogP contribution >= 0.6 is 0 Å². The molecule has 0 unspecified atom stereocenters. The molecule has 0 saturated carbocycles. The molecule has 1 aromatic carbocycles. The second kappa shape index (κ2) is 4.10. The zero-order valence-electron chi connectivity index (χ0n) is 8.91. The maximum Gasteiger partial charge on any atom is 0.263 e. The predicted octanol–water partition coefficient (Wildman–Crippen LogP) is 1.49. The smallest absolute Gasteiger partial charge is 0.263 e. The summed E-state index contributed by atoms with van der Waals surface area (Å²) in [6.07, 6.45) is 0. The molecule has 0 fully saturated rings. The van der Waals surface area contributed by atoms with Gasteiger partial charge in [-0.2, -0.15) is 0 Å². The summed E-state index contributed by atoms with van der Waals surface area (Å²) in [4.78, 5) is 0.0834. The van der Waals surface area contributed by atoms with Crippen LogP contribution in [0.3, 0.4) is 0 Å². The lowest BCUT2D eigenvalue weighted by atomic mass is 10.4. The second-order valence-corrected chi connectivity index (χ2v) is 5.04. The maximum absolute atomic E-state index is 11.9. The molecule has 2 rings (SSSR count). The quantitative estimate of drug-likeness (QED) is 0.865. The summed E-state index contributed by atoms with van der Waals surface area (Å²) in [5.41, 5.74) is 0. The van der Waals surface area contributed by atoms with Crippen LogP contribution in [0.1, 0.15) is 5.76 Å². The molecule has 1 heterocycles. The highest BCUT2D eigenvalue weighted by Crippen LogP contribution is 2.27. The molecular weight excluding hydrogens is 244 g/mol. The van der Waals surface area contributed by atoms with Gasteiger partial charge in [0.15, 0.2) is 5.76 Å². The van der Waals surface area contributed by atoms with Crippen molar-refractivity contribution < 1.29 is 18.0 Å². The molecule has 1 aromatic heterocycles. The predicted molar refractivity (Wildman–Crippen MR) is 60.2 cm³/mol. The minimum absolute atomic E-state index is 0.0834. The monoisotopic (exact) mass is 254 g/mol. The highest BCUT2D eigenvalue weighted by Gasteiger charge is 2.19. The first-order valence-corrected chi connectivity index (χ1v) is 6.22. The van der Waals surface area contributed by atoms with Crippen LogP contribution in [-0.2, 0) is 10.0 Å². The third-order valence-electron chi connectivity index (χ3n) is 2.12. The molecule has 0 radical (unpaired) electrons. The minimum atomic E-state index is -3.75. The number of rotatable bonds is 3. The maximum atomic E-state index is 11.9. The molecule has 6 nitrogen and oxygen atoms in total. The number of hydrogen-bond donors (Lipinski definition) is 2. The van der Waals surface area contributed by atoms with E-state index in [2.05, 4.69) is 14.4 Å². The van der Waals surface area contributed by atoms with E-state index >= 15 is 0 Å². The van der Waals surface area contributed by atoms with Crippen LogP contribution in [0.4, 0.5) is 5.82 Å². The summed E-state index contributed by atoms with van der Waals surface area (Å²) >= 11 is 0. The van der Waals surface area contributed by atoms with Gasteiger partial charge in [0.25, 0.3) is 10.0 Å². The van der Waals surface area contributed by atoms with E-state index in [1.54, 1.807) is 18.2 Å². The Morgan fingerprint density at radius 1 is 1.29 bits per heavy atom. The highest BCUT2D eigenvalue weighted by molar-refractivity contribution is 7.92. The first-order chi connectivity index (χ1) is 8.00. The Balaban J connectivity index is 2.34. The van der Waals surface area contributed by atoms with Crippen molar-refractivity contribution in [2.24, 2.45) is 0 Å². The van der Waals surface area contributed by atoms with Crippen molar-refractivity contribution in [3.63, 3.8) is 0 Å². The zero-order valence-corrected chi connectivity index (χ0v) is 9.73. The van der Waals surface area contributed by atoms with Gasteiger partial charge in [-0.05, 0) is 12.1 Å². The SMILES string of the molecule is Cc1onc(NS(=O)(=O)c2ccccc2)c1O. The molecule has 0 bridgehead atoms. The summed E-state index contributed by atoms with van der Waals surface area (Å²) < 4.78 is 30.5. The van der Waals surface area contributed by atoms with Gasteiger partial charge in [-0.25, -0.2) is 8.42 Å². The van der Waals surface area contributed by atoms with Crippen LogP contribution in [0.5, 0.6) is 5.75 Å². The van der Waals surface area contributed by atoms with E-state index in [-0.39, 0.29) is 22.2 Å². The fourth-order valence-electron chi connectivity index (χ4n) is 1.22. The van der Waals surface area contributed by atoms with E-state index in [0.717, 1.165) is 0 Å². The standard InChI is InChI=1S/C10H10N2O4S/c1-7-9(13)10(11-16-7)12-17(14,15)8-5-3-2-4-6-8/h2-6,13H,1H3,(H,11,12). The van der Waals surface area contributed by atoms with Gasteiger partial charge in [-0.1, -0.05) is 23.4 Å². The van der Waals surface area contributed by atoms with E-state index in [1.807, 2.05) is 0 Å². The number of nitrogens with zero attached hydrogens (tertiary/aromatic N) is 1. The third-order valence-corrected chi connectivity index (χ3v) is 3.47. The number of aromatic nitrogens is 1. The van der Waals surface area contributed by atoms with E-state index in [1.165, 1.54) is 19.1 Å². The van der Waals surface area contributed by atoms with Crippen LogP contribution < -0.4 is 4.72 Å². The van der Waals surface area contributed by atoms with Crippen LogP contribution in [0.2, 0.25) is 0 Å². The average molecular weight is 254 g/mol. The first kappa shape index (κ1) is 11.5. The molecule has 7 heteroatoms. The molecule has 0 aliphatic heterocycles. The molecule has 2 aromatic rings. The number of hydrogen-bond acceptors (Lipinski definition) is 5. The van der Waals surface area contributed by atoms with Gasteiger partial charge < -0.3 is 9.63 Å². The Labute approximate surface area is 97.9 Å². The fraction of sp³-hybridized carbons (Fsp3) is 0.100. The molecule has 0 saturated heterocycles. The van der Waals surface area contributed by atoms with Gasteiger partial charge in [-0.15, -0.1) is 0 Å². The van der Waals surface area contributed by atoms with Gasteiger partial charge >= 0.3 is 0 Å². The number of anilines is 1. The topological polar surface area (TPSA) is 92.4 Å². The average Bonchev–Trinajstić information content (AvgIpc) is 2.62. The molecule has 2 N–H and O–H groups in total. The lowest BCUT2D eigenvalue weighted by Crippen LogP contribution is -2.13. The zero-order chi connectivity index (χ0) is 12.5. The fourth-order valence-corrected chi connectivity index (χ4v) is 2.24. The largest absolute Gasteiger partial charge is 0.502 e. The minimum Gasteiger partial charge on any atom is -0.502 e. The van der Waals surface area contributed by atoms with E-state index in [4.69, 9.17) is 0 Å². The lowest BCUT2D eigenvalue weighted by molar-refractivity contribution is 0.384. The van der Waals surface area contributed by atoms with Crippen LogP contribution in [0.25, 0.3) is 0 Å². The molecule has 0 atom stereocenters. The van der Waals surface area contributed by atoms with Gasteiger partial charge in [0.1, 0.15) is 0 Å². The number of aromatic hydroxyl groups is 1. The van der Waals surface area contributed by atoms with E-state index in [0.29, 0.717) is 0 Å². The molecule has 0 aliphatic carbocycles. The van der Waals surface area contributed by atoms with Crippen molar-refractivity contribution in [3.8, 4) is 5.75 Å². The molecule has 0 spiro atoms. The molecule has 0 aliphatic rings. The van der Waals surface area contributed by atoms with E-state index in [9.17, 15) is 13.5 Å². The van der Waals surface area contributed by atoms with Crippen LogP contribution in [0, 0.1) is 6.92 Å². The van der Waals surface area contributed by atoms with Crippen LogP contribution in [0.15, 0.2) is 39.8 Å². The second-order valence-electron chi connectivity index (χ2n) is 3.35. The molecule has 17 heavy (non-hydrogen) atoms. The summed E-state index contributed by atoms with van der Waals surface area (Å²) in [5.74, 6) is -0.383. The first-order valence-electron chi connectivity index (χ1n) is 4.74. The summed E-state index contributed by atoms with van der Waals surface area (Å²) in [6.45, 7) is 1.47. The summed E-state index contributed by atoms with van der Waals surface area (Å²) in [6, 6.07) is 7.78. The van der Waals surface area contributed by atoms with Crippen molar-refractivity contribution in [2.45, 2.75) is 11.8 Å². The Bertz CT molecular complexity index is 619. The number of aryl methyl sites for hydroxylation is 1. The number of sulfonamides is 1. The highest BCUT2D eigenvalue weighted by atomic mass is 32.2.